The molecule has 0 radical (unpaired) electrons. The normalized spacial score (nSPS) is 26.6. The largest absolute Gasteiger partial charge is 0.393 e. The highest BCUT2D eigenvalue weighted by atomic mass is 16.3. The number of hydrogen-bond donors (Lipinski definition) is 1. The van der Waals surface area contributed by atoms with Crippen LogP contribution in [0.5, 0.6) is 0 Å². The molecule has 5 nitrogen and oxygen atoms in total. The van der Waals surface area contributed by atoms with Gasteiger partial charge in [0.15, 0.2) is 0 Å². The molecule has 2 atom stereocenters. The number of carbonyl (C=O) groups is 2. The van der Waals surface area contributed by atoms with Crippen molar-refractivity contribution in [3.05, 3.63) is 0 Å². The summed E-state index contributed by atoms with van der Waals surface area (Å²) >= 11 is 0. The Bertz CT molecular complexity index is 349. The highest BCUT2D eigenvalue weighted by molar-refractivity contribution is 5.80. The number of amides is 2. The second-order valence-corrected chi connectivity index (χ2v) is 5.85. The van der Waals surface area contributed by atoms with Crippen molar-refractivity contribution >= 4 is 11.8 Å². The average Bonchev–Trinajstić information content (AvgIpc) is 2.87. The minimum absolute atomic E-state index is 0.0587. The van der Waals surface area contributed by atoms with E-state index in [2.05, 4.69) is 0 Å². The fraction of sp³-hybridized carbons (Fsp3) is 0.857. The Morgan fingerprint density at radius 3 is 2.16 bits per heavy atom. The van der Waals surface area contributed by atoms with Crippen molar-refractivity contribution in [1.82, 2.24) is 9.80 Å². The number of aliphatic hydroxyl groups is 1. The molecule has 2 heterocycles. The molecule has 0 bridgehead atoms. The van der Waals surface area contributed by atoms with E-state index in [1.165, 1.54) is 0 Å². The van der Waals surface area contributed by atoms with Crippen molar-refractivity contribution in [2.75, 3.05) is 26.2 Å². The molecule has 2 amide bonds. The van der Waals surface area contributed by atoms with Gasteiger partial charge >= 0.3 is 0 Å². The molecule has 0 aliphatic carbocycles. The number of rotatable bonds is 2. The smallest absolute Gasteiger partial charge is 0.225 e. The SMILES string of the molecule is CC(=O)N1CCC(C(=O)N2CCC(C(C)O)C2)CC1. The third kappa shape index (κ3) is 3.26. The van der Waals surface area contributed by atoms with Crippen LogP contribution in [0.2, 0.25) is 0 Å². The van der Waals surface area contributed by atoms with Crippen molar-refractivity contribution < 1.29 is 14.7 Å². The molecule has 2 fully saturated rings. The monoisotopic (exact) mass is 268 g/mol. The first kappa shape index (κ1) is 14.3. The Kier molecular flexibility index (Phi) is 4.45. The van der Waals surface area contributed by atoms with Gasteiger partial charge in [-0.1, -0.05) is 0 Å². The van der Waals surface area contributed by atoms with Crippen LogP contribution < -0.4 is 0 Å². The third-order valence-corrected chi connectivity index (χ3v) is 4.51. The van der Waals surface area contributed by atoms with Gasteiger partial charge in [0.1, 0.15) is 0 Å². The van der Waals surface area contributed by atoms with E-state index >= 15 is 0 Å². The van der Waals surface area contributed by atoms with Crippen molar-refractivity contribution in [2.24, 2.45) is 11.8 Å². The van der Waals surface area contributed by atoms with Gasteiger partial charge in [0.05, 0.1) is 6.10 Å². The summed E-state index contributed by atoms with van der Waals surface area (Å²) in [5.74, 6) is 0.595. The van der Waals surface area contributed by atoms with Gasteiger partial charge in [0.25, 0.3) is 0 Å². The first-order valence-electron chi connectivity index (χ1n) is 7.21. The van der Waals surface area contributed by atoms with Gasteiger partial charge in [0, 0.05) is 44.9 Å². The van der Waals surface area contributed by atoms with Gasteiger partial charge in [0.2, 0.25) is 11.8 Å². The van der Waals surface area contributed by atoms with Crippen molar-refractivity contribution in [3.8, 4) is 0 Å². The Balaban J connectivity index is 1.83. The molecule has 2 aliphatic rings. The lowest BCUT2D eigenvalue weighted by Crippen LogP contribution is -2.43. The highest BCUT2D eigenvalue weighted by Crippen LogP contribution is 2.25. The van der Waals surface area contributed by atoms with E-state index in [0.29, 0.717) is 19.6 Å². The summed E-state index contributed by atoms with van der Waals surface area (Å²) in [7, 11) is 0. The fourth-order valence-corrected chi connectivity index (χ4v) is 3.08. The molecule has 2 rings (SSSR count). The Morgan fingerprint density at radius 1 is 1.11 bits per heavy atom. The van der Waals surface area contributed by atoms with Crippen molar-refractivity contribution in [1.29, 1.82) is 0 Å². The van der Waals surface area contributed by atoms with Gasteiger partial charge in [-0.05, 0) is 26.2 Å². The number of aliphatic hydroxyl groups excluding tert-OH is 1. The lowest BCUT2D eigenvalue weighted by atomic mass is 9.95. The maximum atomic E-state index is 12.4. The van der Waals surface area contributed by atoms with Crippen LogP contribution >= 0.6 is 0 Å². The Labute approximate surface area is 114 Å². The van der Waals surface area contributed by atoms with Crippen LogP contribution in [0.15, 0.2) is 0 Å². The van der Waals surface area contributed by atoms with Gasteiger partial charge < -0.3 is 14.9 Å². The fourth-order valence-electron chi connectivity index (χ4n) is 3.08. The minimum atomic E-state index is -0.336. The van der Waals surface area contributed by atoms with Gasteiger partial charge in [-0.15, -0.1) is 0 Å². The lowest BCUT2D eigenvalue weighted by molar-refractivity contribution is -0.139. The van der Waals surface area contributed by atoms with Crippen molar-refractivity contribution in [3.63, 3.8) is 0 Å². The summed E-state index contributed by atoms with van der Waals surface area (Å²) in [5, 5.41) is 9.58. The second-order valence-electron chi connectivity index (χ2n) is 5.85. The predicted octanol–water partition coefficient (Wildman–Crippen LogP) is 0.474. The van der Waals surface area contributed by atoms with Gasteiger partial charge in [-0.25, -0.2) is 0 Å². The predicted molar refractivity (Wildman–Crippen MR) is 71.3 cm³/mol. The van der Waals surface area contributed by atoms with E-state index in [4.69, 9.17) is 0 Å². The van der Waals surface area contributed by atoms with Crippen LogP contribution in [0, 0.1) is 11.8 Å². The molecule has 108 valence electrons. The zero-order valence-corrected chi connectivity index (χ0v) is 11.8. The first-order valence-corrected chi connectivity index (χ1v) is 7.21. The zero-order valence-electron chi connectivity index (χ0n) is 11.8. The van der Waals surface area contributed by atoms with E-state index < -0.39 is 0 Å². The average molecular weight is 268 g/mol. The summed E-state index contributed by atoms with van der Waals surface area (Å²) < 4.78 is 0. The first-order chi connectivity index (χ1) is 8.99. The van der Waals surface area contributed by atoms with Gasteiger partial charge in [-0.2, -0.15) is 0 Å². The van der Waals surface area contributed by atoms with E-state index in [-0.39, 0.29) is 29.8 Å². The maximum Gasteiger partial charge on any atom is 0.225 e. The summed E-state index contributed by atoms with van der Waals surface area (Å²) in [4.78, 5) is 27.3. The summed E-state index contributed by atoms with van der Waals surface area (Å²) in [6.45, 7) is 6.21. The number of likely N-dealkylation sites (tertiary alicyclic amines) is 2. The standard InChI is InChI=1S/C14H24N2O3/c1-10(17)13-5-8-16(9-13)14(19)12-3-6-15(7-4-12)11(2)18/h10,12-13,17H,3-9H2,1-2H3. The molecule has 0 aromatic heterocycles. The number of hydrogen-bond acceptors (Lipinski definition) is 3. The Morgan fingerprint density at radius 2 is 1.68 bits per heavy atom. The quantitative estimate of drug-likeness (QED) is 0.792. The molecule has 0 spiro atoms. The molecule has 2 unspecified atom stereocenters. The van der Waals surface area contributed by atoms with Crippen LogP contribution in [0.3, 0.4) is 0 Å². The number of carbonyl (C=O) groups excluding carboxylic acids is 2. The molecule has 2 aliphatic heterocycles. The maximum absolute atomic E-state index is 12.4. The molecular weight excluding hydrogens is 244 g/mol. The van der Waals surface area contributed by atoms with Crippen LogP contribution in [0.4, 0.5) is 0 Å². The van der Waals surface area contributed by atoms with Crippen LogP contribution in [-0.2, 0) is 9.59 Å². The van der Waals surface area contributed by atoms with E-state index in [1.54, 1.807) is 13.8 Å². The third-order valence-electron chi connectivity index (χ3n) is 4.51. The Hall–Kier alpha value is -1.10. The summed E-state index contributed by atoms with van der Waals surface area (Å²) in [5.41, 5.74) is 0. The molecule has 1 N–H and O–H groups in total. The van der Waals surface area contributed by atoms with Crippen molar-refractivity contribution in [2.45, 2.75) is 39.2 Å². The molecule has 0 aromatic rings. The van der Waals surface area contributed by atoms with Crippen LogP contribution in [0.25, 0.3) is 0 Å². The van der Waals surface area contributed by atoms with Crippen LogP contribution in [0.1, 0.15) is 33.1 Å². The molecule has 0 saturated carbocycles. The zero-order chi connectivity index (χ0) is 14.0. The van der Waals surface area contributed by atoms with E-state index in [1.807, 2.05) is 9.80 Å². The summed E-state index contributed by atoms with van der Waals surface area (Å²) in [6, 6.07) is 0. The lowest BCUT2D eigenvalue weighted by Gasteiger charge is -2.32. The van der Waals surface area contributed by atoms with Gasteiger partial charge in [-0.3, -0.25) is 9.59 Å². The molecular formula is C14H24N2O3. The molecule has 0 aromatic carbocycles. The highest BCUT2D eigenvalue weighted by Gasteiger charge is 2.34. The minimum Gasteiger partial charge on any atom is -0.393 e. The number of piperidine rings is 1. The molecule has 5 heteroatoms. The van der Waals surface area contributed by atoms with E-state index in [9.17, 15) is 14.7 Å². The molecule has 2 saturated heterocycles. The number of nitrogens with zero attached hydrogens (tertiary/aromatic N) is 2. The summed E-state index contributed by atoms with van der Waals surface area (Å²) in [6.07, 6.45) is 2.11. The van der Waals surface area contributed by atoms with Crippen LogP contribution in [-0.4, -0.2) is 59.0 Å². The molecule has 19 heavy (non-hydrogen) atoms. The van der Waals surface area contributed by atoms with E-state index in [0.717, 1.165) is 25.8 Å². The second kappa shape index (κ2) is 5.90. The topological polar surface area (TPSA) is 60.9 Å².